The van der Waals surface area contributed by atoms with Crippen LogP contribution in [-0.4, -0.2) is 27.0 Å². The van der Waals surface area contributed by atoms with Gasteiger partial charge in [0.05, 0.1) is 22.4 Å². The van der Waals surface area contributed by atoms with Gasteiger partial charge < -0.3 is 10.4 Å². The van der Waals surface area contributed by atoms with Gasteiger partial charge in [0.2, 0.25) is 0 Å². The summed E-state index contributed by atoms with van der Waals surface area (Å²) in [5.41, 5.74) is 1.24. The lowest BCUT2D eigenvalue weighted by Gasteiger charge is -2.10. The number of hydrogen-bond acceptors (Lipinski definition) is 6. The zero-order valence-electron chi connectivity index (χ0n) is 14.5. The lowest BCUT2D eigenvalue weighted by Crippen LogP contribution is -2.26. The Labute approximate surface area is 154 Å². The van der Waals surface area contributed by atoms with Gasteiger partial charge in [0.25, 0.3) is 5.91 Å². The first kappa shape index (κ1) is 18.0. The van der Waals surface area contributed by atoms with Gasteiger partial charge in [-0.2, -0.15) is 0 Å². The van der Waals surface area contributed by atoms with Crippen LogP contribution in [0, 0.1) is 13.8 Å². The number of carboxylic acid groups (broad SMARTS) is 1. The Morgan fingerprint density at radius 1 is 1.12 bits per heavy atom. The van der Waals surface area contributed by atoms with Crippen molar-refractivity contribution in [1.82, 2.24) is 15.3 Å². The minimum absolute atomic E-state index is 0.170. The Morgan fingerprint density at radius 3 is 2.36 bits per heavy atom. The molecule has 1 aliphatic carbocycles. The van der Waals surface area contributed by atoms with Crippen LogP contribution in [-0.2, 0) is 0 Å². The number of nitrogens with one attached hydrogen (secondary N) is 1. The van der Waals surface area contributed by atoms with Crippen LogP contribution in [0.4, 0.5) is 0 Å². The molecule has 0 aromatic carbocycles. The highest BCUT2D eigenvalue weighted by Crippen LogP contribution is 2.37. The lowest BCUT2D eigenvalue weighted by molar-refractivity contribution is 0.0701. The predicted molar refractivity (Wildman–Crippen MR) is 97.8 cm³/mol. The number of nitrogens with zero attached hydrogens (tertiary/aromatic N) is 2. The molecule has 1 saturated carbocycles. The lowest BCUT2D eigenvalue weighted by atomic mass is 10.1. The summed E-state index contributed by atoms with van der Waals surface area (Å²) in [5, 5.41) is 13.7. The number of aryl methyl sites for hydroxylation is 2. The molecule has 134 valence electrons. The van der Waals surface area contributed by atoms with Crippen molar-refractivity contribution in [3.05, 3.63) is 31.2 Å². The molecule has 2 heterocycles. The summed E-state index contributed by atoms with van der Waals surface area (Å²) in [6, 6.07) is -0.347. The summed E-state index contributed by atoms with van der Waals surface area (Å²) in [5.74, 6) is -0.668. The van der Waals surface area contributed by atoms with Gasteiger partial charge in [-0.05, 0) is 33.6 Å². The molecule has 0 bridgehead atoms. The molecule has 2 N–H and O–H groups in total. The van der Waals surface area contributed by atoms with Gasteiger partial charge in [-0.1, -0.05) is 12.8 Å². The van der Waals surface area contributed by atoms with E-state index in [0.717, 1.165) is 34.9 Å². The van der Waals surface area contributed by atoms with E-state index in [1.165, 1.54) is 24.2 Å². The van der Waals surface area contributed by atoms with Gasteiger partial charge in [0, 0.05) is 5.92 Å². The Kier molecular flexibility index (Phi) is 5.19. The average molecular weight is 380 g/mol. The molecule has 6 nitrogen and oxygen atoms in total. The number of thiazole rings is 2. The molecule has 0 aliphatic heterocycles. The van der Waals surface area contributed by atoms with Crippen LogP contribution < -0.4 is 5.32 Å². The molecule has 25 heavy (non-hydrogen) atoms. The Bertz CT molecular complexity index is 806. The van der Waals surface area contributed by atoms with Gasteiger partial charge in [-0.3, -0.25) is 4.79 Å². The van der Waals surface area contributed by atoms with E-state index >= 15 is 0 Å². The molecule has 8 heteroatoms. The zero-order chi connectivity index (χ0) is 18.1. The monoisotopic (exact) mass is 379 g/mol. The fraction of sp³-hybridized carbons (Fsp3) is 0.529. The van der Waals surface area contributed by atoms with Gasteiger partial charge in [-0.25, -0.2) is 14.8 Å². The number of aromatic nitrogens is 2. The number of rotatable bonds is 5. The van der Waals surface area contributed by atoms with Crippen molar-refractivity contribution in [2.75, 3.05) is 0 Å². The molecule has 3 rings (SSSR count). The van der Waals surface area contributed by atoms with Gasteiger partial charge >= 0.3 is 5.97 Å². The van der Waals surface area contributed by atoms with Gasteiger partial charge in [0.15, 0.2) is 0 Å². The molecule has 2 aromatic heterocycles. The number of carbonyl (C=O) groups excluding carboxylic acids is 1. The van der Waals surface area contributed by atoms with Gasteiger partial charge in [0.1, 0.15) is 14.8 Å². The van der Waals surface area contributed by atoms with Crippen molar-refractivity contribution >= 4 is 34.6 Å². The van der Waals surface area contributed by atoms with E-state index < -0.39 is 5.97 Å². The smallest absolute Gasteiger partial charge is 0.347 e. The van der Waals surface area contributed by atoms with Crippen molar-refractivity contribution in [3.63, 3.8) is 0 Å². The SMILES string of the molecule is Cc1nc(C(C)NC(=O)c2sc(C3CCCC3)nc2C)sc1C(=O)O. The van der Waals surface area contributed by atoms with Crippen LogP contribution in [0.25, 0.3) is 0 Å². The molecule has 2 aromatic rings. The van der Waals surface area contributed by atoms with Crippen LogP contribution in [0.3, 0.4) is 0 Å². The number of aromatic carboxylic acids is 1. The highest BCUT2D eigenvalue weighted by Gasteiger charge is 2.25. The van der Waals surface area contributed by atoms with Crippen LogP contribution in [0.5, 0.6) is 0 Å². The molecule has 1 atom stereocenters. The van der Waals surface area contributed by atoms with E-state index in [9.17, 15) is 9.59 Å². The normalized spacial score (nSPS) is 16.1. The molecule has 1 amide bonds. The topological polar surface area (TPSA) is 92.2 Å². The average Bonchev–Trinajstić information content (AvgIpc) is 3.25. The van der Waals surface area contributed by atoms with Crippen LogP contribution in [0.2, 0.25) is 0 Å². The maximum atomic E-state index is 12.6. The summed E-state index contributed by atoms with van der Waals surface area (Å²) in [7, 11) is 0. The van der Waals surface area contributed by atoms with Crippen molar-refractivity contribution < 1.29 is 14.7 Å². The van der Waals surface area contributed by atoms with Crippen LogP contribution in [0.1, 0.15) is 85.3 Å². The standard InChI is InChI=1S/C17H21N3O3S2/c1-8-12(24-16(20-8)11-6-4-5-7-11)14(21)18-10(3)15-19-9(2)13(25-15)17(22)23/h10-11H,4-7H2,1-3H3,(H,18,21)(H,22,23). The number of amides is 1. The van der Waals surface area contributed by atoms with Crippen molar-refractivity contribution in [2.24, 2.45) is 0 Å². The quantitative estimate of drug-likeness (QED) is 0.817. The molecular weight excluding hydrogens is 358 g/mol. The summed E-state index contributed by atoms with van der Waals surface area (Å²) < 4.78 is 0. The maximum Gasteiger partial charge on any atom is 0.347 e. The molecule has 0 radical (unpaired) electrons. The van der Waals surface area contributed by atoms with E-state index in [-0.39, 0.29) is 16.8 Å². The second-order valence-corrected chi connectivity index (χ2v) is 8.48. The molecule has 1 aliphatic rings. The minimum Gasteiger partial charge on any atom is -0.477 e. The first-order chi connectivity index (χ1) is 11.9. The van der Waals surface area contributed by atoms with E-state index in [2.05, 4.69) is 15.3 Å². The largest absolute Gasteiger partial charge is 0.477 e. The third-order valence-electron chi connectivity index (χ3n) is 4.45. The van der Waals surface area contributed by atoms with E-state index in [1.807, 2.05) is 13.8 Å². The second-order valence-electron chi connectivity index (χ2n) is 6.41. The van der Waals surface area contributed by atoms with Crippen LogP contribution in [0.15, 0.2) is 0 Å². The van der Waals surface area contributed by atoms with Gasteiger partial charge in [-0.15, -0.1) is 22.7 Å². The highest BCUT2D eigenvalue weighted by molar-refractivity contribution is 7.14. The summed E-state index contributed by atoms with van der Waals surface area (Å²) >= 11 is 2.59. The van der Waals surface area contributed by atoms with Crippen molar-refractivity contribution in [3.8, 4) is 0 Å². The van der Waals surface area contributed by atoms with E-state index in [0.29, 0.717) is 21.5 Å². The molecule has 0 spiro atoms. The fourth-order valence-electron chi connectivity index (χ4n) is 3.10. The third-order valence-corrected chi connectivity index (χ3v) is 7.10. The minimum atomic E-state index is -0.987. The second kappa shape index (κ2) is 7.21. The number of hydrogen-bond donors (Lipinski definition) is 2. The molecule has 1 unspecified atom stereocenters. The number of carboxylic acids is 1. The highest BCUT2D eigenvalue weighted by atomic mass is 32.1. The van der Waals surface area contributed by atoms with Crippen LogP contribution >= 0.6 is 22.7 Å². The molecule has 1 fully saturated rings. The predicted octanol–water partition coefficient (Wildman–Crippen LogP) is 4.06. The third kappa shape index (κ3) is 3.74. The Balaban J connectivity index is 1.73. The van der Waals surface area contributed by atoms with Crippen molar-refractivity contribution in [2.45, 2.75) is 58.4 Å². The Morgan fingerprint density at radius 2 is 1.76 bits per heavy atom. The van der Waals surface area contributed by atoms with E-state index in [1.54, 1.807) is 6.92 Å². The van der Waals surface area contributed by atoms with Crippen molar-refractivity contribution in [1.29, 1.82) is 0 Å². The Hall–Kier alpha value is -1.80. The first-order valence-electron chi connectivity index (χ1n) is 8.35. The number of carbonyl (C=O) groups is 2. The fourth-order valence-corrected chi connectivity index (χ4v) is 5.15. The summed E-state index contributed by atoms with van der Waals surface area (Å²) in [6.45, 7) is 5.35. The molecule has 0 saturated heterocycles. The van der Waals surface area contributed by atoms with E-state index in [4.69, 9.17) is 5.11 Å². The molecular formula is C17H21N3O3S2. The zero-order valence-corrected chi connectivity index (χ0v) is 16.1. The maximum absolute atomic E-state index is 12.6. The first-order valence-corrected chi connectivity index (χ1v) is 9.99. The summed E-state index contributed by atoms with van der Waals surface area (Å²) in [4.78, 5) is 33.5. The summed E-state index contributed by atoms with van der Waals surface area (Å²) in [6.07, 6.45) is 4.77.